The third kappa shape index (κ3) is 3.81. The zero-order chi connectivity index (χ0) is 14.7. The molecule has 0 amide bonds. The van der Waals surface area contributed by atoms with Gasteiger partial charge in [0.2, 0.25) is 0 Å². The van der Waals surface area contributed by atoms with Crippen LogP contribution in [-0.4, -0.2) is 12.2 Å². The predicted molar refractivity (Wildman–Crippen MR) is 80.4 cm³/mol. The molecule has 0 aliphatic carbocycles. The van der Waals surface area contributed by atoms with Gasteiger partial charge in [0.15, 0.2) is 0 Å². The fourth-order valence-electron chi connectivity index (χ4n) is 2.45. The molecule has 0 saturated carbocycles. The number of rotatable bonds is 7. The van der Waals surface area contributed by atoms with Crippen LogP contribution in [-0.2, 0) is 13.6 Å². The van der Waals surface area contributed by atoms with E-state index >= 15 is 0 Å². The molecule has 0 N–H and O–H groups in total. The molecule has 0 radical (unpaired) electrons. The van der Waals surface area contributed by atoms with E-state index in [0.29, 0.717) is 6.61 Å². The van der Waals surface area contributed by atoms with Gasteiger partial charge in [0.25, 0.3) is 0 Å². The lowest BCUT2D eigenvalue weighted by Gasteiger charge is -2.23. The highest BCUT2D eigenvalue weighted by molar-refractivity contribution is 7.58. The van der Waals surface area contributed by atoms with Crippen molar-refractivity contribution in [3.63, 3.8) is 0 Å². The van der Waals surface area contributed by atoms with Crippen LogP contribution in [0.5, 0.6) is 0 Å². The second-order valence-corrected chi connectivity index (χ2v) is 7.66. The highest BCUT2D eigenvalue weighted by atomic mass is 31.2. The van der Waals surface area contributed by atoms with Gasteiger partial charge in [-0.15, -0.1) is 0 Å². The van der Waals surface area contributed by atoms with E-state index in [9.17, 15) is 4.57 Å². The fourth-order valence-corrected chi connectivity index (χ4v) is 4.93. The summed E-state index contributed by atoms with van der Waals surface area (Å²) in [5, 5.41) is 0.893. The van der Waals surface area contributed by atoms with E-state index in [2.05, 4.69) is 13.5 Å². The van der Waals surface area contributed by atoms with E-state index in [1.807, 2.05) is 27.7 Å². The number of allylic oxidation sites excluding steroid dienone is 2. The summed E-state index contributed by atoms with van der Waals surface area (Å²) in [4.78, 5) is 0. The quantitative estimate of drug-likeness (QED) is 0.462. The molecule has 0 bridgehead atoms. The van der Waals surface area contributed by atoms with E-state index in [1.165, 1.54) is 0 Å². The van der Waals surface area contributed by atoms with E-state index in [1.54, 1.807) is 0 Å². The van der Waals surface area contributed by atoms with Crippen LogP contribution in [0.3, 0.4) is 0 Å². The van der Waals surface area contributed by atoms with Crippen molar-refractivity contribution in [1.29, 1.82) is 0 Å². The third-order valence-corrected chi connectivity index (χ3v) is 5.75. The standard InChI is InChI=1S/C15H27O3P/c1-7-9-10-14-13(11-12(3)4)15(5,6)18-19(14,16)17-8-2/h3,7-11H2,1-2,4-6H3. The maximum Gasteiger partial charge on any atom is 0.358 e. The summed E-state index contributed by atoms with van der Waals surface area (Å²) in [6.07, 6.45) is 3.60. The maximum atomic E-state index is 12.9. The first-order valence-electron chi connectivity index (χ1n) is 7.09. The van der Waals surface area contributed by atoms with Crippen molar-refractivity contribution in [1.82, 2.24) is 0 Å². The molecule has 0 aromatic carbocycles. The van der Waals surface area contributed by atoms with Crippen molar-refractivity contribution in [3.05, 3.63) is 23.0 Å². The first kappa shape index (κ1) is 16.7. The summed E-state index contributed by atoms with van der Waals surface area (Å²) in [5.41, 5.74) is 1.64. The zero-order valence-corrected chi connectivity index (χ0v) is 13.8. The van der Waals surface area contributed by atoms with Crippen LogP contribution in [0.4, 0.5) is 0 Å². The van der Waals surface area contributed by atoms with Gasteiger partial charge in [0.1, 0.15) is 0 Å². The lowest BCUT2D eigenvalue weighted by atomic mass is 9.91. The Balaban J connectivity index is 3.21. The molecule has 1 aliphatic rings. The molecule has 0 aromatic rings. The highest BCUT2D eigenvalue weighted by Gasteiger charge is 2.48. The largest absolute Gasteiger partial charge is 0.358 e. The molecule has 0 saturated heterocycles. The number of hydrogen-bond acceptors (Lipinski definition) is 3. The van der Waals surface area contributed by atoms with Crippen molar-refractivity contribution >= 4 is 7.60 Å². The fraction of sp³-hybridized carbons (Fsp3) is 0.733. The van der Waals surface area contributed by atoms with Crippen LogP contribution in [0.25, 0.3) is 0 Å². The van der Waals surface area contributed by atoms with Crippen molar-refractivity contribution < 1.29 is 13.6 Å². The van der Waals surface area contributed by atoms with Gasteiger partial charge in [-0.05, 0) is 52.5 Å². The molecule has 1 heterocycles. The van der Waals surface area contributed by atoms with Crippen molar-refractivity contribution in [3.8, 4) is 0 Å². The Bertz CT molecular complexity index is 421. The lowest BCUT2D eigenvalue weighted by Crippen LogP contribution is -2.21. The van der Waals surface area contributed by atoms with E-state index in [0.717, 1.165) is 42.1 Å². The van der Waals surface area contributed by atoms with Crippen LogP contribution >= 0.6 is 7.60 Å². The molecule has 1 aliphatic heterocycles. The Kier molecular flexibility index (Phi) is 5.61. The van der Waals surface area contributed by atoms with E-state index < -0.39 is 13.2 Å². The van der Waals surface area contributed by atoms with E-state index in [4.69, 9.17) is 9.05 Å². The van der Waals surface area contributed by atoms with Gasteiger partial charge in [-0.25, -0.2) is 0 Å². The normalized spacial score (nSPS) is 25.9. The summed E-state index contributed by atoms with van der Waals surface area (Å²) < 4.78 is 24.2. The molecule has 1 rings (SSSR count). The Morgan fingerprint density at radius 2 is 2.05 bits per heavy atom. The maximum absolute atomic E-state index is 12.9. The zero-order valence-electron chi connectivity index (χ0n) is 12.9. The molecule has 0 fully saturated rings. The molecule has 0 spiro atoms. The molecule has 4 heteroatoms. The van der Waals surface area contributed by atoms with Gasteiger partial charge in [-0.2, -0.15) is 0 Å². The molecule has 19 heavy (non-hydrogen) atoms. The van der Waals surface area contributed by atoms with Crippen molar-refractivity contribution in [2.75, 3.05) is 6.61 Å². The predicted octanol–water partition coefficient (Wildman–Crippen LogP) is 5.44. The monoisotopic (exact) mass is 286 g/mol. The molecule has 110 valence electrons. The number of unbranched alkanes of at least 4 members (excludes halogenated alkanes) is 1. The van der Waals surface area contributed by atoms with Gasteiger partial charge in [-0.3, -0.25) is 9.09 Å². The van der Waals surface area contributed by atoms with Crippen LogP contribution < -0.4 is 0 Å². The first-order valence-corrected chi connectivity index (χ1v) is 8.64. The molecule has 1 atom stereocenters. The summed E-state index contributed by atoms with van der Waals surface area (Å²) >= 11 is 0. The van der Waals surface area contributed by atoms with Gasteiger partial charge in [-0.1, -0.05) is 25.5 Å². The first-order chi connectivity index (χ1) is 8.77. The summed E-state index contributed by atoms with van der Waals surface area (Å²) in [6.45, 7) is 14.3. The molecular weight excluding hydrogens is 259 g/mol. The SMILES string of the molecule is C=C(C)CC1=C(CCCC)P(=O)(OCC)OC1(C)C. The van der Waals surface area contributed by atoms with Gasteiger partial charge in [0.05, 0.1) is 12.2 Å². The topological polar surface area (TPSA) is 35.5 Å². The minimum absolute atomic E-state index is 0.406. The average molecular weight is 286 g/mol. The Morgan fingerprint density at radius 1 is 1.42 bits per heavy atom. The Labute approximate surface area is 117 Å². The second-order valence-electron chi connectivity index (χ2n) is 5.68. The van der Waals surface area contributed by atoms with Crippen LogP contribution in [0, 0.1) is 0 Å². The number of hydrogen-bond donors (Lipinski definition) is 0. The Hall–Kier alpha value is -0.370. The minimum atomic E-state index is -3.11. The smallest absolute Gasteiger partial charge is 0.306 e. The molecule has 3 nitrogen and oxygen atoms in total. The van der Waals surface area contributed by atoms with Crippen LogP contribution in [0.1, 0.15) is 60.3 Å². The summed E-state index contributed by atoms with van der Waals surface area (Å²) in [7, 11) is -3.11. The average Bonchev–Trinajstić information content (AvgIpc) is 2.43. The van der Waals surface area contributed by atoms with Gasteiger partial charge in [0, 0.05) is 5.31 Å². The van der Waals surface area contributed by atoms with Crippen LogP contribution in [0.15, 0.2) is 23.0 Å². The van der Waals surface area contributed by atoms with Gasteiger partial charge < -0.3 is 4.52 Å². The second kappa shape index (κ2) is 6.39. The summed E-state index contributed by atoms with van der Waals surface area (Å²) in [5.74, 6) is 0. The van der Waals surface area contributed by atoms with E-state index in [-0.39, 0.29) is 0 Å². The molecular formula is C15H27O3P. The summed E-state index contributed by atoms with van der Waals surface area (Å²) in [6, 6.07) is 0. The highest BCUT2D eigenvalue weighted by Crippen LogP contribution is 2.68. The molecule has 0 aromatic heterocycles. The third-order valence-electron chi connectivity index (χ3n) is 3.30. The van der Waals surface area contributed by atoms with Crippen molar-refractivity contribution in [2.45, 2.75) is 65.9 Å². The molecule has 1 unspecified atom stereocenters. The Morgan fingerprint density at radius 3 is 2.53 bits per heavy atom. The van der Waals surface area contributed by atoms with Crippen LogP contribution in [0.2, 0.25) is 0 Å². The minimum Gasteiger partial charge on any atom is -0.306 e. The lowest BCUT2D eigenvalue weighted by molar-refractivity contribution is 0.126. The van der Waals surface area contributed by atoms with Gasteiger partial charge >= 0.3 is 7.60 Å². The van der Waals surface area contributed by atoms with Crippen molar-refractivity contribution in [2.24, 2.45) is 0 Å².